The van der Waals surface area contributed by atoms with Crippen LogP contribution in [-0.2, 0) is 0 Å². The van der Waals surface area contributed by atoms with Crippen molar-refractivity contribution in [1.82, 2.24) is 5.32 Å². The molecule has 5 nitrogen and oxygen atoms in total. The molecule has 0 atom stereocenters. The first-order chi connectivity index (χ1) is 8.15. The number of nitrogens with one attached hydrogen (secondary N) is 1. The molecule has 0 amide bonds. The van der Waals surface area contributed by atoms with E-state index in [1.165, 1.54) is 12.1 Å². The molecular formula is C11H15BrN2O3. The van der Waals surface area contributed by atoms with Crippen molar-refractivity contribution in [3.63, 3.8) is 0 Å². The molecule has 0 fully saturated rings. The Hall–Kier alpha value is -1.14. The minimum atomic E-state index is -0.433. The van der Waals surface area contributed by atoms with Crippen LogP contribution in [0, 0.1) is 10.1 Å². The highest BCUT2D eigenvalue weighted by molar-refractivity contribution is 9.10. The van der Waals surface area contributed by atoms with Gasteiger partial charge in [-0.3, -0.25) is 10.1 Å². The fraction of sp³-hybridized carbons (Fsp3) is 0.455. The molecule has 1 rings (SSSR count). The highest BCUT2D eigenvalue weighted by Gasteiger charge is 2.09. The van der Waals surface area contributed by atoms with Crippen LogP contribution in [0.2, 0.25) is 0 Å². The van der Waals surface area contributed by atoms with Crippen LogP contribution >= 0.6 is 15.9 Å². The molecule has 17 heavy (non-hydrogen) atoms. The summed E-state index contributed by atoms with van der Waals surface area (Å²) in [6, 6.07) is 4.47. The summed E-state index contributed by atoms with van der Waals surface area (Å²) in [4.78, 5) is 10.1. The molecule has 0 saturated heterocycles. The third-order valence-corrected chi connectivity index (χ3v) is 2.71. The van der Waals surface area contributed by atoms with E-state index in [9.17, 15) is 10.1 Å². The minimum Gasteiger partial charge on any atom is -0.491 e. The molecule has 1 aromatic rings. The molecular weight excluding hydrogens is 288 g/mol. The van der Waals surface area contributed by atoms with Crippen molar-refractivity contribution in [3.8, 4) is 5.75 Å². The Morgan fingerprint density at radius 2 is 2.24 bits per heavy atom. The molecule has 0 heterocycles. The Kier molecular flexibility index (Phi) is 5.93. The van der Waals surface area contributed by atoms with Crippen LogP contribution in [0.1, 0.15) is 13.3 Å². The third kappa shape index (κ3) is 4.70. The number of nitro groups is 1. The quantitative estimate of drug-likeness (QED) is 0.478. The number of nitrogens with zero attached hydrogens (tertiary/aromatic N) is 1. The van der Waals surface area contributed by atoms with Gasteiger partial charge in [0, 0.05) is 18.7 Å². The second kappa shape index (κ2) is 7.24. The standard InChI is InChI=1S/C11H15BrN2O3/c1-2-5-13-6-7-17-11-4-3-9(14(15)16)8-10(11)12/h3-4,8,13H,2,5-7H2,1H3. The zero-order chi connectivity index (χ0) is 12.7. The van der Waals surface area contributed by atoms with Gasteiger partial charge >= 0.3 is 0 Å². The zero-order valence-corrected chi connectivity index (χ0v) is 11.2. The lowest BCUT2D eigenvalue weighted by Crippen LogP contribution is -2.21. The van der Waals surface area contributed by atoms with Crippen LogP contribution in [0.15, 0.2) is 22.7 Å². The van der Waals surface area contributed by atoms with Gasteiger partial charge in [-0.15, -0.1) is 0 Å². The topological polar surface area (TPSA) is 64.4 Å². The second-order valence-electron chi connectivity index (χ2n) is 3.47. The smallest absolute Gasteiger partial charge is 0.270 e. The predicted molar refractivity (Wildman–Crippen MR) is 69.5 cm³/mol. The summed E-state index contributed by atoms with van der Waals surface area (Å²) < 4.78 is 6.09. The van der Waals surface area contributed by atoms with Gasteiger partial charge in [0.25, 0.3) is 5.69 Å². The van der Waals surface area contributed by atoms with Gasteiger partial charge in [-0.2, -0.15) is 0 Å². The van der Waals surface area contributed by atoms with E-state index in [2.05, 4.69) is 28.2 Å². The number of non-ortho nitro benzene ring substituents is 1. The molecule has 0 saturated carbocycles. The molecule has 0 radical (unpaired) electrons. The van der Waals surface area contributed by atoms with E-state index in [-0.39, 0.29) is 5.69 Å². The monoisotopic (exact) mass is 302 g/mol. The molecule has 0 aliphatic heterocycles. The van der Waals surface area contributed by atoms with Crippen LogP contribution in [-0.4, -0.2) is 24.6 Å². The molecule has 0 unspecified atom stereocenters. The maximum atomic E-state index is 10.5. The largest absolute Gasteiger partial charge is 0.491 e. The van der Waals surface area contributed by atoms with Gasteiger partial charge in [0.05, 0.1) is 9.40 Å². The summed E-state index contributed by atoms with van der Waals surface area (Å²) in [6.45, 7) is 4.36. The molecule has 0 bridgehead atoms. The van der Waals surface area contributed by atoms with E-state index in [1.807, 2.05) is 0 Å². The Bertz CT molecular complexity index is 385. The number of hydrogen-bond donors (Lipinski definition) is 1. The summed E-state index contributed by atoms with van der Waals surface area (Å²) in [6.07, 6.45) is 1.08. The second-order valence-corrected chi connectivity index (χ2v) is 4.32. The third-order valence-electron chi connectivity index (χ3n) is 2.09. The molecule has 6 heteroatoms. The minimum absolute atomic E-state index is 0.0494. The molecule has 1 aromatic carbocycles. The van der Waals surface area contributed by atoms with Gasteiger partial charge < -0.3 is 10.1 Å². The number of rotatable bonds is 7. The number of ether oxygens (including phenoxy) is 1. The maximum Gasteiger partial charge on any atom is 0.270 e. The lowest BCUT2D eigenvalue weighted by molar-refractivity contribution is -0.385. The highest BCUT2D eigenvalue weighted by atomic mass is 79.9. The van der Waals surface area contributed by atoms with E-state index >= 15 is 0 Å². The van der Waals surface area contributed by atoms with Crippen molar-refractivity contribution in [2.24, 2.45) is 0 Å². The van der Waals surface area contributed by atoms with Crippen LogP contribution in [0.4, 0.5) is 5.69 Å². The number of hydrogen-bond acceptors (Lipinski definition) is 4. The van der Waals surface area contributed by atoms with Crippen molar-refractivity contribution < 1.29 is 9.66 Å². The molecule has 0 aliphatic carbocycles. The van der Waals surface area contributed by atoms with Gasteiger partial charge in [0.2, 0.25) is 0 Å². The Balaban J connectivity index is 2.46. The summed E-state index contributed by atoms with van der Waals surface area (Å²) in [5, 5.41) is 13.7. The molecule has 1 N–H and O–H groups in total. The van der Waals surface area contributed by atoms with Crippen molar-refractivity contribution in [2.45, 2.75) is 13.3 Å². The van der Waals surface area contributed by atoms with Crippen LogP contribution in [0.25, 0.3) is 0 Å². The lowest BCUT2D eigenvalue weighted by Gasteiger charge is -2.08. The number of nitro benzene ring substituents is 1. The van der Waals surface area contributed by atoms with E-state index in [4.69, 9.17) is 4.74 Å². The number of halogens is 1. The SMILES string of the molecule is CCCNCCOc1ccc([N+](=O)[O-])cc1Br. The predicted octanol–water partition coefficient (Wildman–Crippen LogP) is 2.74. The zero-order valence-electron chi connectivity index (χ0n) is 9.61. The van der Waals surface area contributed by atoms with E-state index in [0.717, 1.165) is 19.5 Å². The van der Waals surface area contributed by atoms with Crippen LogP contribution < -0.4 is 10.1 Å². The van der Waals surface area contributed by atoms with Crippen LogP contribution in [0.5, 0.6) is 5.75 Å². The van der Waals surface area contributed by atoms with Gasteiger partial charge in [-0.05, 0) is 35.0 Å². The average molecular weight is 303 g/mol. The van der Waals surface area contributed by atoms with Gasteiger partial charge in [-0.1, -0.05) is 6.92 Å². The van der Waals surface area contributed by atoms with Crippen molar-refractivity contribution in [3.05, 3.63) is 32.8 Å². The number of benzene rings is 1. The van der Waals surface area contributed by atoms with Crippen molar-refractivity contribution >= 4 is 21.6 Å². The van der Waals surface area contributed by atoms with Crippen molar-refractivity contribution in [2.75, 3.05) is 19.7 Å². The fourth-order valence-electron chi connectivity index (χ4n) is 1.26. The Morgan fingerprint density at radius 3 is 2.82 bits per heavy atom. The first-order valence-corrected chi connectivity index (χ1v) is 6.22. The average Bonchev–Trinajstić information content (AvgIpc) is 2.30. The molecule has 0 aliphatic rings. The first kappa shape index (κ1) is 13.9. The summed E-state index contributed by atoms with van der Waals surface area (Å²) in [5.74, 6) is 0.619. The molecule has 0 aromatic heterocycles. The Labute approximate surface area is 108 Å². The fourth-order valence-corrected chi connectivity index (χ4v) is 1.74. The van der Waals surface area contributed by atoms with Gasteiger partial charge in [0.15, 0.2) is 0 Å². The maximum absolute atomic E-state index is 10.5. The Morgan fingerprint density at radius 1 is 1.47 bits per heavy atom. The summed E-state index contributed by atoms with van der Waals surface area (Å²) in [5.41, 5.74) is 0.0494. The van der Waals surface area contributed by atoms with Crippen molar-refractivity contribution in [1.29, 1.82) is 0 Å². The van der Waals surface area contributed by atoms with Gasteiger partial charge in [-0.25, -0.2) is 0 Å². The van der Waals surface area contributed by atoms with Gasteiger partial charge in [0.1, 0.15) is 12.4 Å². The van der Waals surface area contributed by atoms with E-state index in [0.29, 0.717) is 16.8 Å². The summed E-state index contributed by atoms with van der Waals surface area (Å²) >= 11 is 3.25. The normalized spacial score (nSPS) is 10.2. The first-order valence-electron chi connectivity index (χ1n) is 5.42. The summed E-state index contributed by atoms with van der Waals surface area (Å²) in [7, 11) is 0. The van der Waals surface area contributed by atoms with Crippen LogP contribution in [0.3, 0.4) is 0 Å². The van der Waals surface area contributed by atoms with E-state index < -0.39 is 4.92 Å². The highest BCUT2D eigenvalue weighted by Crippen LogP contribution is 2.28. The lowest BCUT2D eigenvalue weighted by atomic mass is 10.3. The van der Waals surface area contributed by atoms with E-state index in [1.54, 1.807) is 6.07 Å². The molecule has 0 spiro atoms. The molecule has 94 valence electrons.